The Balaban J connectivity index is 1.26. The van der Waals surface area contributed by atoms with Crippen LogP contribution in [0.2, 0.25) is 0 Å². The van der Waals surface area contributed by atoms with Crippen molar-refractivity contribution in [3.8, 4) is 0 Å². The van der Waals surface area contributed by atoms with Crippen molar-refractivity contribution >= 4 is 52.2 Å². The second kappa shape index (κ2) is 20.4. The van der Waals surface area contributed by atoms with Crippen molar-refractivity contribution in [2.45, 2.75) is 109 Å². The van der Waals surface area contributed by atoms with Crippen molar-refractivity contribution in [2.24, 2.45) is 0 Å². The van der Waals surface area contributed by atoms with E-state index in [2.05, 4.69) is 147 Å². The van der Waals surface area contributed by atoms with E-state index >= 15 is 0 Å². The SMILES string of the molecule is CN1c2ccccc2C(C)(C)C1/C=C/C1=C(OC(=O)CCCc2ccc(N(CCCl)CCCl)cc2)C(=C/C=C2/N(CCCCCC(=O)O)c3ccccc3C2(C)C)/CCC1. The average Bonchev–Trinajstić information content (AvgIpc) is 3.56. The maximum absolute atomic E-state index is 13.8. The molecule has 320 valence electrons. The molecule has 7 nitrogen and oxygen atoms in total. The number of hydrogen-bond donors (Lipinski definition) is 1. The molecular weight excluding hydrogens is 789 g/mol. The predicted octanol–water partition coefficient (Wildman–Crippen LogP) is 11.9. The molecular formula is C51H63Cl2N3O4. The molecule has 0 fully saturated rings. The highest BCUT2D eigenvalue weighted by Gasteiger charge is 2.42. The van der Waals surface area contributed by atoms with Gasteiger partial charge in [0, 0.05) is 84.9 Å². The molecule has 0 aromatic heterocycles. The van der Waals surface area contributed by atoms with Crippen LogP contribution in [0.25, 0.3) is 0 Å². The lowest BCUT2D eigenvalue weighted by Crippen LogP contribution is -2.37. The zero-order valence-electron chi connectivity index (χ0n) is 36.2. The van der Waals surface area contributed by atoms with Gasteiger partial charge in [0.15, 0.2) is 0 Å². The van der Waals surface area contributed by atoms with Gasteiger partial charge in [0.1, 0.15) is 5.76 Å². The molecule has 0 saturated heterocycles. The number of halogens is 2. The molecule has 3 aromatic carbocycles. The van der Waals surface area contributed by atoms with Gasteiger partial charge in [0.05, 0.1) is 6.04 Å². The normalized spacial score (nSPS) is 19.4. The Kier molecular flexibility index (Phi) is 15.3. The second-order valence-electron chi connectivity index (χ2n) is 17.5. The number of carbonyl (C=O) groups excluding carboxylic acids is 1. The Morgan fingerprint density at radius 3 is 2.20 bits per heavy atom. The Hall–Kier alpha value is -4.46. The van der Waals surface area contributed by atoms with Gasteiger partial charge in [-0.15, -0.1) is 23.2 Å². The number of carboxylic acid groups (broad SMARTS) is 1. The highest BCUT2D eigenvalue weighted by molar-refractivity contribution is 6.18. The van der Waals surface area contributed by atoms with Crippen LogP contribution in [0.4, 0.5) is 17.1 Å². The Bertz CT molecular complexity index is 2090. The van der Waals surface area contributed by atoms with Crippen molar-refractivity contribution in [2.75, 3.05) is 53.1 Å². The molecule has 3 aromatic rings. The first kappa shape index (κ1) is 45.1. The third-order valence-electron chi connectivity index (χ3n) is 12.7. The van der Waals surface area contributed by atoms with Gasteiger partial charge in [-0.2, -0.15) is 0 Å². The summed E-state index contributed by atoms with van der Waals surface area (Å²) in [6.07, 6.45) is 15.9. The number of allylic oxidation sites excluding steroid dienone is 6. The molecule has 0 radical (unpaired) electrons. The highest BCUT2D eigenvalue weighted by Crippen LogP contribution is 2.48. The van der Waals surface area contributed by atoms with E-state index in [4.69, 9.17) is 27.9 Å². The van der Waals surface area contributed by atoms with E-state index in [1.54, 1.807) is 0 Å². The fraction of sp³-hybridized carbons (Fsp3) is 0.451. The number of aryl methyl sites for hydroxylation is 1. The number of rotatable bonds is 19. The first-order valence-corrected chi connectivity index (χ1v) is 22.8. The molecule has 2 aliphatic heterocycles. The maximum atomic E-state index is 13.8. The largest absolute Gasteiger partial charge is 0.481 e. The van der Waals surface area contributed by atoms with E-state index in [9.17, 15) is 14.7 Å². The van der Waals surface area contributed by atoms with Crippen LogP contribution in [-0.4, -0.2) is 61.5 Å². The third-order valence-corrected chi connectivity index (χ3v) is 13.0. The first-order valence-electron chi connectivity index (χ1n) is 21.8. The number of hydrogen-bond acceptors (Lipinski definition) is 6. The summed E-state index contributed by atoms with van der Waals surface area (Å²) in [6.45, 7) is 11.4. The van der Waals surface area contributed by atoms with E-state index in [1.165, 1.54) is 33.8 Å². The number of likely N-dealkylation sites (N-methyl/N-ethyl adjacent to an activating group) is 1. The van der Waals surface area contributed by atoms with Crippen molar-refractivity contribution in [1.82, 2.24) is 0 Å². The summed E-state index contributed by atoms with van der Waals surface area (Å²) in [6, 6.07) is 25.8. The van der Waals surface area contributed by atoms with Gasteiger partial charge >= 0.3 is 11.9 Å². The van der Waals surface area contributed by atoms with E-state index in [-0.39, 0.29) is 29.3 Å². The monoisotopic (exact) mass is 851 g/mol. The molecule has 1 atom stereocenters. The first-order chi connectivity index (χ1) is 28.9. The molecule has 2 heterocycles. The van der Waals surface area contributed by atoms with Gasteiger partial charge in [-0.1, -0.05) is 101 Å². The maximum Gasteiger partial charge on any atom is 0.311 e. The Labute approximate surface area is 368 Å². The molecule has 0 amide bonds. The Morgan fingerprint density at radius 1 is 0.833 bits per heavy atom. The number of aliphatic carboxylic acids is 1. The number of alkyl halides is 2. The minimum absolute atomic E-state index is 0.0954. The highest BCUT2D eigenvalue weighted by atomic mass is 35.5. The van der Waals surface area contributed by atoms with Crippen LogP contribution in [0.5, 0.6) is 0 Å². The lowest BCUT2D eigenvalue weighted by molar-refractivity contribution is -0.139. The number of carbonyl (C=O) groups is 2. The van der Waals surface area contributed by atoms with Gasteiger partial charge < -0.3 is 24.5 Å². The minimum Gasteiger partial charge on any atom is -0.481 e. The smallest absolute Gasteiger partial charge is 0.311 e. The summed E-state index contributed by atoms with van der Waals surface area (Å²) < 4.78 is 6.47. The molecule has 3 aliphatic rings. The number of carboxylic acids is 1. The molecule has 6 rings (SSSR count). The number of anilines is 3. The molecule has 1 aliphatic carbocycles. The summed E-state index contributed by atoms with van der Waals surface area (Å²) in [5.74, 6) is 0.798. The molecule has 0 bridgehead atoms. The van der Waals surface area contributed by atoms with Crippen LogP contribution in [0.15, 0.2) is 120 Å². The molecule has 0 saturated carbocycles. The van der Waals surface area contributed by atoms with Crippen LogP contribution < -0.4 is 14.7 Å². The number of esters is 1. The van der Waals surface area contributed by atoms with E-state index < -0.39 is 5.97 Å². The number of unbranched alkanes of at least 4 members (excludes halogenated alkanes) is 2. The molecule has 1 N–H and O–H groups in total. The summed E-state index contributed by atoms with van der Waals surface area (Å²) in [7, 11) is 2.17. The number of ether oxygens (including phenoxy) is 1. The summed E-state index contributed by atoms with van der Waals surface area (Å²) in [5.41, 5.74) is 10.3. The van der Waals surface area contributed by atoms with Crippen LogP contribution in [0.3, 0.4) is 0 Å². The summed E-state index contributed by atoms with van der Waals surface area (Å²) in [5, 5.41) is 9.18. The molecule has 60 heavy (non-hydrogen) atoms. The zero-order valence-corrected chi connectivity index (χ0v) is 37.7. The van der Waals surface area contributed by atoms with Crippen LogP contribution in [-0.2, 0) is 31.6 Å². The van der Waals surface area contributed by atoms with Crippen molar-refractivity contribution in [3.05, 3.63) is 136 Å². The van der Waals surface area contributed by atoms with Crippen LogP contribution >= 0.6 is 23.2 Å². The van der Waals surface area contributed by atoms with Crippen molar-refractivity contribution in [3.63, 3.8) is 0 Å². The zero-order chi connectivity index (χ0) is 42.9. The number of fused-ring (bicyclic) bond motifs is 2. The van der Waals surface area contributed by atoms with Gasteiger partial charge in [-0.25, -0.2) is 0 Å². The van der Waals surface area contributed by atoms with Gasteiger partial charge in [0.25, 0.3) is 0 Å². The van der Waals surface area contributed by atoms with Gasteiger partial charge in [-0.05, 0) is 103 Å². The number of nitrogens with zero attached hydrogens (tertiary/aromatic N) is 3. The topological polar surface area (TPSA) is 73.3 Å². The van der Waals surface area contributed by atoms with E-state index in [0.717, 1.165) is 75.0 Å². The fourth-order valence-corrected chi connectivity index (χ4v) is 9.79. The number of para-hydroxylation sites is 2. The lowest BCUT2D eigenvalue weighted by Gasteiger charge is -2.30. The standard InChI is InChI=1S/C51H63Cl2N3O4/c1-50(2)41-18-8-10-20-43(41)54(5)45(50)30-26-38-16-14-17-39(49(38)60-48(59)23-13-15-37-24-28-40(29-25-37)55(35-32-52)36-33-53)27-31-46-51(3,4)42-19-9-11-21-44(42)56(46)34-12-6-7-22-47(57)58/h8-11,18-21,24-31,45H,6-7,12-17,22-23,32-36H2,1-5H3,(H,57,58)/b30-26+,39-27+,46-31+. The Morgan fingerprint density at radius 2 is 1.52 bits per heavy atom. The van der Waals surface area contributed by atoms with Crippen molar-refractivity contribution in [1.29, 1.82) is 0 Å². The molecule has 1 unspecified atom stereocenters. The summed E-state index contributed by atoms with van der Waals surface area (Å²) >= 11 is 12.1. The second-order valence-corrected chi connectivity index (χ2v) is 18.2. The molecule has 0 spiro atoms. The minimum atomic E-state index is -0.746. The van der Waals surface area contributed by atoms with Gasteiger partial charge in [-0.3, -0.25) is 9.59 Å². The lowest BCUT2D eigenvalue weighted by atomic mass is 9.80. The fourth-order valence-electron chi connectivity index (χ4n) is 9.38. The van der Waals surface area contributed by atoms with E-state index in [0.29, 0.717) is 36.8 Å². The van der Waals surface area contributed by atoms with E-state index in [1.807, 2.05) is 0 Å². The van der Waals surface area contributed by atoms with Crippen LogP contribution in [0.1, 0.15) is 102 Å². The predicted molar refractivity (Wildman–Crippen MR) is 250 cm³/mol. The summed E-state index contributed by atoms with van der Waals surface area (Å²) in [4.78, 5) is 31.9. The van der Waals surface area contributed by atoms with Crippen molar-refractivity contribution < 1.29 is 19.4 Å². The quantitative estimate of drug-likeness (QED) is 0.0731. The van der Waals surface area contributed by atoms with Crippen LogP contribution in [0, 0.1) is 0 Å². The third kappa shape index (κ3) is 10.3. The molecule has 9 heteroatoms. The average molecular weight is 853 g/mol. The number of benzene rings is 3. The van der Waals surface area contributed by atoms with Gasteiger partial charge in [0.2, 0.25) is 0 Å².